The van der Waals surface area contributed by atoms with Crippen LogP contribution in [0.25, 0.3) is 0 Å². The molecule has 0 aliphatic rings. The molecule has 0 aliphatic heterocycles. The summed E-state index contributed by atoms with van der Waals surface area (Å²) in [5.74, 6) is -1.30. The van der Waals surface area contributed by atoms with Gasteiger partial charge in [0.1, 0.15) is 10.4 Å². The van der Waals surface area contributed by atoms with Crippen LogP contribution in [-0.2, 0) is 16.0 Å². The predicted molar refractivity (Wildman–Crippen MR) is 117 cm³/mol. The van der Waals surface area contributed by atoms with Gasteiger partial charge in [-0.3, -0.25) is 19.7 Å². The number of esters is 1. The van der Waals surface area contributed by atoms with Crippen LogP contribution in [0.5, 0.6) is 0 Å². The maximum atomic E-state index is 12.2. The van der Waals surface area contributed by atoms with E-state index in [9.17, 15) is 19.2 Å². The van der Waals surface area contributed by atoms with Gasteiger partial charge < -0.3 is 15.0 Å². The summed E-state index contributed by atoms with van der Waals surface area (Å²) in [6.07, 6.45) is 1.93. The van der Waals surface area contributed by atoms with Gasteiger partial charge in [0, 0.05) is 18.0 Å². The lowest BCUT2D eigenvalue weighted by atomic mass is 10.2. The van der Waals surface area contributed by atoms with Crippen LogP contribution in [0.15, 0.2) is 28.5 Å². The highest BCUT2D eigenvalue weighted by Crippen LogP contribution is 2.24. The first-order valence-electron chi connectivity index (χ1n) is 9.25. The minimum atomic E-state index is -0.558. The van der Waals surface area contributed by atoms with Gasteiger partial charge in [-0.25, -0.2) is 14.8 Å². The third-order valence-corrected chi connectivity index (χ3v) is 5.81. The van der Waals surface area contributed by atoms with Crippen molar-refractivity contribution in [3.8, 4) is 0 Å². The van der Waals surface area contributed by atoms with Crippen molar-refractivity contribution in [1.82, 2.24) is 15.0 Å². The minimum absolute atomic E-state index is 0.0143. The zero-order valence-corrected chi connectivity index (χ0v) is 18.3. The number of amides is 2. The molecule has 10 nitrogen and oxygen atoms in total. The number of aromatic nitrogens is 3. The average Bonchev–Trinajstić information content (AvgIpc) is 3.33. The van der Waals surface area contributed by atoms with Gasteiger partial charge in [-0.15, -0.1) is 11.3 Å². The van der Waals surface area contributed by atoms with Crippen LogP contribution in [-0.4, -0.2) is 39.3 Å². The highest BCUT2D eigenvalue weighted by Gasteiger charge is 2.18. The summed E-state index contributed by atoms with van der Waals surface area (Å²) in [4.78, 5) is 59.1. The monoisotopic (exact) mass is 461 g/mol. The third-order valence-electron chi connectivity index (χ3n) is 3.95. The summed E-state index contributed by atoms with van der Waals surface area (Å²) in [6.45, 7) is 3.65. The summed E-state index contributed by atoms with van der Waals surface area (Å²) in [7, 11) is 0. The molecule has 3 rings (SSSR count). The van der Waals surface area contributed by atoms with Crippen molar-refractivity contribution in [1.29, 1.82) is 0 Å². The molecule has 0 atom stereocenters. The number of pyridine rings is 1. The van der Waals surface area contributed by atoms with Gasteiger partial charge in [-0.1, -0.05) is 11.3 Å². The molecule has 31 heavy (non-hydrogen) atoms. The number of thiazole rings is 2. The fourth-order valence-corrected chi connectivity index (χ4v) is 4.12. The van der Waals surface area contributed by atoms with E-state index in [0.717, 1.165) is 11.3 Å². The van der Waals surface area contributed by atoms with Gasteiger partial charge in [0.15, 0.2) is 10.3 Å². The van der Waals surface area contributed by atoms with Gasteiger partial charge in [-0.2, -0.15) is 0 Å². The first-order chi connectivity index (χ1) is 14.9. The van der Waals surface area contributed by atoms with Crippen molar-refractivity contribution in [2.75, 3.05) is 17.2 Å². The Labute approximate surface area is 184 Å². The Balaban J connectivity index is 1.52. The number of carbonyl (C=O) groups is 3. The summed E-state index contributed by atoms with van der Waals surface area (Å²) >= 11 is 2.26. The van der Waals surface area contributed by atoms with E-state index < -0.39 is 17.4 Å². The molecule has 0 aromatic carbocycles. The molecule has 3 aromatic rings. The van der Waals surface area contributed by atoms with Crippen LogP contribution in [0.2, 0.25) is 0 Å². The lowest BCUT2D eigenvalue weighted by Crippen LogP contribution is -2.22. The molecule has 0 unspecified atom stereocenters. The zero-order chi connectivity index (χ0) is 22.4. The van der Waals surface area contributed by atoms with E-state index in [2.05, 4.69) is 25.6 Å². The van der Waals surface area contributed by atoms with Crippen molar-refractivity contribution in [3.05, 3.63) is 55.9 Å². The molecular weight excluding hydrogens is 442 g/mol. The summed E-state index contributed by atoms with van der Waals surface area (Å²) < 4.78 is 4.96. The van der Waals surface area contributed by atoms with Crippen LogP contribution in [0.3, 0.4) is 0 Å². The number of carbonyl (C=O) groups excluding carboxylic acids is 3. The van der Waals surface area contributed by atoms with E-state index in [1.807, 2.05) is 0 Å². The summed E-state index contributed by atoms with van der Waals surface area (Å²) in [5.41, 5.74) is 0.618. The highest BCUT2D eigenvalue weighted by atomic mass is 32.1. The van der Waals surface area contributed by atoms with Crippen LogP contribution in [0, 0.1) is 6.92 Å². The number of aromatic amines is 1. The Morgan fingerprint density at radius 1 is 1.19 bits per heavy atom. The smallest absolute Gasteiger partial charge is 0.350 e. The lowest BCUT2D eigenvalue weighted by molar-refractivity contribution is -0.116. The fourth-order valence-electron chi connectivity index (χ4n) is 2.50. The molecule has 3 N–H and O–H groups in total. The fraction of sp³-hybridized carbons (Fsp3) is 0.263. The molecule has 0 saturated carbocycles. The molecule has 0 fully saturated rings. The molecule has 0 saturated heterocycles. The summed E-state index contributed by atoms with van der Waals surface area (Å²) in [5, 5.41) is 7.62. The van der Waals surface area contributed by atoms with E-state index in [1.54, 1.807) is 25.3 Å². The molecule has 0 bridgehead atoms. The van der Waals surface area contributed by atoms with Crippen molar-refractivity contribution >= 4 is 50.7 Å². The van der Waals surface area contributed by atoms with E-state index in [0.29, 0.717) is 32.9 Å². The second-order valence-corrected chi connectivity index (χ2v) is 8.07. The SMILES string of the molecule is CCOC(=O)c1sc(NC(=O)CCc2csc(NC(=O)c3ccc[nH]c3=O)n2)nc1C. The zero-order valence-electron chi connectivity index (χ0n) is 16.7. The third kappa shape index (κ3) is 5.83. The Bertz CT molecular complexity index is 1170. The molecule has 0 radical (unpaired) electrons. The topological polar surface area (TPSA) is 143 Å². The summed E-state index contributed by atoms with van der Waals surface area (Å²) in [6, 6.07) is 2.97. The Kier molecular flexibility index (Phi) is 7.26. The number of hydrogen-bond donors (Lipinski definition) is 3. The van der Waals surface area contributed by atoms with Crippen LogP contribution < -0.4 is 16.2 Å². The quantitative estimate of drug-likeness (QED) is 0.438. The predicted octanol–water partition coefficient (Wildman–Crippen LogP) is 2.60. The van der Waals surface area contributed by atoms with Crippen LogP contribution in [0.1, 0.15) is 44.8 Å². The maximum Gasteiger partial charge on any atom is 0.350 e. The Morgan fingerprint density at radius 2 is 2.00 bits per heavy atom. The molecule has 2 amide bonds. The molecule has 0 spiro atoms. The number of hydrogen-bond acceptors (Lipinski definition) is 9. The largest absolute Gasteiger partial charge is 0.462 e. The van der Waals surface area contributed by atoms with Crippen LogP contribution >= 0.6 is 22.7 Å². The Morgan fingerprint density at radius 3 is 2.74 bits per heavy atom. The van der Waals surface area contributed by atoms with Crippen molar-refractivity contribution < 1.29 is 19.1 Å². The number of rotatable bonds is 8. The van der Waals surface area contributed by atoms with Gasteiger partial charge in [0.2, 0.25) is 5.91 Å². The van der Waals surface area contributed by atoms with E-state index in [4.69, 9.17) is 4.74 Å². The van der Waals surface area contributed by atoms with Crippen LogP contribution in [0.4, 0.5) is 10.3 Å². The highest BCUT2D eigenvalue weighted by molar-refractivity contribution is 7.17. The van der Waals surface area contributed by atoms with E-state index >= 15 is 0 Å². The lowest BCUT2D eigenvalue weighted by Gasteiger charge is -2.01. The van der Waals surface area contributed by atoms with Crippen molar-refractivity contribution in [2.24, 2.45) is 0 Å². The van der Waals surface area contributed by atoms with E-state index in [1.165, 1.54) is 23.6 Å². The number of anilines is 2. The standard InChI is InChI=1S/C19H19N5O5S2/c1-3-29-17(28)14-10(2)21-19(31-14)23-13(25)7-6-11-9-30-18(22-11)24-16(27)12-5-4-8-20-15(12)26/h4-5,8-9H,3,6-7H2,1-2H3,(H,20,26)(H,21,23,25)(H,22,24,27). The molecule has 0 aliphatic carbocycles. The molecular formula is C19H19N5O5S2. The van der Waals surface area contributed by atoms with Crippen molar-refractivity contribution in [2.45, 2.75) is 26.7 Å². The van der Waals surface area contributed by atoms with Crippen molar-refractivity contribution in [3.63, 3.8) is 0 Å². The molecule has 3 aromatic heterocycles. The average molecular weight is 462 g/mol. The maximum absolute atomic E-state index is 12.2. The number of aryl methyl sites for hydroxylation is 2. The van der Waals surface area contributed by atoms with E-state index in [-0.39, 0.29) is 24.5 Å². The second kappa shape index (κ2) is 10.1. The molecule has 12 heteroatoms. The van der Waals surface area contributed by atoms with Gasteiger partial charge in [0.25, 0.3) is 11.5 Å². The first kappa shape index (κ1) is 22.3. The number of H-pyrrole nitrogens is 1. The molecule has 3 heterocycles. The minimum Gasteiger partial charge on any atom is -0.462 e. The number of nitrogens with one attached hydrogen (secondary N) is 3. The Hall–Kier alpha value is -3.38. The number of ether oxygens (including phenoxy) is 1. The van der Waals surface area contributed by atoms with Gasteiger partial charge >= 0.3 is 5.97 Å². The second-order valence-electron chi connectivity index (χ2n) is 6.21. The van der Waals surface area contributed by atoms with Gasteiger partial charge in [-0.05, 0) is 32.4 Å². The number of nitrogens with zero attached hydrogens (tertiary/aromatic N) is 2. The normalized spacial score (nSPS) is 10.5. The molecule has 162 valence electrons. The first-order valence-corrected chi connectivity index (χ1v) is 10.9. The van der Waals surface area contributed by atoms with Gasteiger partial charge in [0.05, 0.1) is 18.0 Å².